The number of hydrogen-bond acceptors (Lipinski definition) is 3. The first kappa shape index (κ1) is 15.6. The molecule has 0 bridgehead atoms. The minimum atomic E-state index is -0.253. The van der Waals surface area contributed by atoms with Gasteiger partial charge in [-0.05, 0) is 30.7 Å². The second-order valence-electron chi connectivity index (χ2n) is 4.62. The van der Waals surface area contributed by atoms with Crippen molar-refractivity contribution in [1.29, 1.82) is 0 Å². The molecule has 0 aliphatic rings. The Kier molecular flexibility index (Phi) is 5.43. The van der Waals surface area contributed by atoms with E-state index in [9.17, 15) is 4.39 Å². The number of rotatable bonds is 4. The number of nitrogens with zero attached hydrogens (tertiary/aromatic N) is 2. The summed E-state index contributed by atoms with van der Waals surface area (Å²) >= 11 is 1.55. The molecule has 0 fully saturated rings. The largest absolute Gasteiger partial charge is 0.395 e. The van der Waals surface area contributed by atoms with E-state index in [2.05, 4.69) is 16.9 Å². The van der Waals surface area contributed by atoms with Crippen LogP contribution in [0.2, 0.25) is 0 Å². The Labute approximate surface area is 128 Å². The maximum absolute atomic E-state index is 14.0. The fourth-order valence-corrected chi connectivity index (χ4v) is 2.86. The van der Waals surface area contributed by atoms with E-state index in [1.807, 2.05) is 20.0 Å². The molecule has 0 saturated heterocycles. The summed E-state index contributed by atoms with van der Waals surface area (Å²) in [7, 11) is 1.88. The van der Waals surface area contributed by atoms with Crippen LogP contribution in [0.25, 0.3) is 0 Å². The van der Waals surface area contributed by atoms with Crippen molar-refractivity contribution in [2.75, 3.05) is 6.61 Å². The number of benzene rings is 1. The third kappa shape index (κ3) is 4.35. The lowest BCUT2D eigenvalue weighted by atomic mass is 10.1. The molecule has 1 aromatic carbocycles. The SMILES string of the molecule is Cc1cc(SCc2ccc(C#CCCO)cc2F)n(C)n1. The Hall–Kier alpha value is -1.77. The Morgan fingerprint density at radius 1 is 1.38 bits per heavy atom. The standard InChI is InChI=1S/C16H17FN2OS/c1-12-9-16(19(2)18-12)21-11-14-7-6-13(10-15(14)17)5-3-4-8-20/h6-7,9-10,20H,4,8,11H2,1-2H3. The fourth-order valence-electron chi connectivity index (χ4n) is 1.84. The number of halogens is 1. The molecule has 0 saturated carbocycles. The van der Waals surface area contributed by atoms with Crippen molar-refractivity contribution in [3.05, 3.63) is 46.9 Å². The van der Waals surface area contributed by atoms with E-state index < -0.39 is 0 Å². The molecule has 0 atom stereocenters. The first-order valence-corrected chi connectivity index (χ1v) is 7.60. The Bertz CT molecular complexity index is 685. The van der Waals surface area contributed by atoms with Crippen LogP contribution < -0.4 is 0 Å². The first-order valence-electron chi connectivity index (χ1n) is 6.61. The Balaban J connectivity index is 2.04. The first-order chi connectivity index (χ1) is 10.1. The van der Waals surface area contributed by atoms with Gasteiger partial charge < -0.3 is 5.11 Å². The van der Waals surface area contributed by atoms with Crippen LogP contribution >= 0.6 is 11.8 Å². The molecule has 3 nitrogen and oxygen atoms in total. The molecular weight excluding hydrogens is 287 g/mol. The van der Waals surface area contributed by atoms with E-state index in [-0.39, 0.29) is 12.4 Å². The molecular formula is C16H17FN2OS. The van der Waals surface area contributed by atoms with Crippen LogP contribution in [0, 0.1) is 24.6 Å². The summed E-state index contributed by atoms with van der Waals surface area (Å²) in [6, 6.07) is 6.98. The van der Waals surface area contributed by atoms with Crippen molar-refractivity contribution in [2.45, 2.75) is 24.1 Å². The van der Waals surface area contributed by atoms with Crippen molar-refractivity contribution in [3.8, 4) is 11.8 Å². The molecule has 0 aliphatic heterocycles. The van der Waals surface area contributed by atoms with Crippen molar-refractivity contribution in [3.63, 3.8) is 0 Å². The predicted octanol–water partition coefficient (Wildman–Crippen LogP) is 2.89. The van der Waals surface area contributed by atoms with Gasteiger partial charge in [-0.2, -0.15) is 5.10 Å². The summed E-state index contributed by atoms with van der Waals surface area (Å²) < 4.78 is 15.8. The molecule has 110 valence electrons. The number of hydrogen-bond donors (Lipinski definition) is 1. The smallest absolute Gasteiger partial charge is 0.128 e. The van der Waals surface area contributed by atoms with Crippen LogP contribution in [0.15, 0.2) is 29.3 Å². The molecule has 21 heavy (non-hydrogen) atoms. The number of aliphatic hydroxyl groups excluding tert-OH is 1. The molecule has 0 aliphatic carbocycles. The highest BCUT2D eigenvalue weighted by atomic mass is 32.2. The molecule has 0 radical (unpaired) electrons. The predicted molar refractivity (Wildman–Crippen MR) is 82.5 cm³/mol. The molecule has 0 unspecified atom stereocenters. The van der Waals surface area contributed by atoms with Crippen LogP contribution in [-0.4, -0.2) is 21.5 Å². The second-order valence-corrected chi connectivity index (χ2v) is 5.61. The van der Waals surface area contributed by atoms with Gasteiger partial charge in [0.2, 0.25) is 0 Å². The van der Waals surface area contributed by atoms with E-state index in [4.69, 9.17) is 5.11 Å². The maximum Gasteiger partial charge on any atom is 0.128 e. The Morgan fingerprint density at radius 2 is 2.19 bits per heavy atom. The number of aryl methyl sites for hydroxylation is 2. The van der Waals surface area contributed by atoms with Crippen LogP contribution in [-0.2, 0) is 12.8 Å². The van der Waals surface area contributed by atoms with Gasteiger partial charge in [0, 0.05) is 24.8 Å². The summed E-state index contributed by atoms with van der Waals surface area (Å²) in [5.41, 5.74) is 2.23. The summed E-state index contributed by atoms with van der Waals surface area (Å²) in [6.45, 7) is 1.96. The topological polar surface area (TPSA) is 38.0 Å². The molecule has 1 heterocycles. The van der Waals surface area contributed by atoms with Gasteiger partial charge in [0.05, 0.1) is 17.3 Å². The summed E-state index contributed by atoms with van der Waals surface area (Å²) in [5, 5.41) is 13.9. The van der Waals surface area contributed by atoms with Gasteiger partial charge in [0.1, 0.15) is 5.82 Å². The molecule has 2 aromatic rings. The molecule has 1 aromatic heterocycles. The molecule has 2 rings (SSSR count). The highest BCUT2D eigenvalue weighted by Gasteiger charge is 2.07. The van der Waals surface area contributed by atoms with Crippen molar-refractivity contribution in [2.24, 2.45) is 7.05 Å². The van der Waals surface area contributed by atoms with Crippen LogP contribution in [0.1, 0.15) is 23.2 Å². The van der Waals surface area contributed by atoms with E-state index in [1.54, 1.807) is 28.6 Å². The maximum atomic E-state index is 14.0. The lowest BCUT2D eigenvalue weighted by Gasteiger charge is -2.04. The highest BCUT2D eigenvalue weighted by Crippen LogP contribution is 2.24. The summed E-state index contributed by atoms with van der Waals surface area (Å²) in [4.78, 5) is 0. The van der Waals surface area contributed by atoms with Crippen LogP contribution in [0.4, 0.5) is 4.39 Å². The van der Waals surface area contributed by atoms with Crippen molar-refractivity contribution >= 4 is 11.8 Å². The minimum Gasteiger partial charge on any atom is -0.395 e. The lowest BCUT2D eigenvalue weighted by Crippen LogP contribution is -1.94. The Morgan fingerprint density at radius 3 is 2.81 bits per heavy atom. The molecule has 1 N–H and O–H groups in total. The molecule has 0 amide bonds. The quantitative estimate of drug-likeness (QED) is 0.697. The number of aliphatic hydroxyl groups is 1. The fraction of sp³-hybridized carbons (Fsp3) is 0.312. The zero-order valence-electron chi connectivity index (χ0n) is 12.1. The van der Waals surface area contributed by atoms with E-state index in [1.165, 1.54) is 6.07 Å². The average Bonchev–Trinajstić information content (AvgIpc) is 2.76. The van der Waals surface area contributed by atoms with Gasteiger partial charge in [0.15, 0.2) is 0 Å². The number of thioether (sulfide) groups is 1. The lowest BCUT2D eigenvalue weighted by molar-refractivity contribution is 0.305. The average molecular weight is 304 g/mol. The van der Waals surface area contributed by atoms with Crippen molar-refractivity contribution < 1.29 is 9.50 Å². The third-order valence-electron chi connectivity index (χ3n) is 2.86. The summed E-state index contributed by atoms with van der Waals surface area (Å²) in [6.07, 6.45) is 0.402. The second kappa shape index (κ2) is 7.30. The zero-order valence-corrected chi connectivity index (χ0v) is 12.9. The van der Waals surface area contributed by atoms with Gasteiger partial charge in [-0.3, -0.25) is 4.68 Å². The van der Waals surface area contributed by atoms with Crippen LogP contribution in [0.3, 0.4) is 0 Å². The zero-order chi connectivity index (χ0) is 15.2. The normalized spacial score (nSPS) is 10.3. The van der Waals surface area contributed by atoms with Gasteiger partial charge >= 0.3 is 0 Å². The van der Waals surface area contributed by atoms with E-state index in [0.717, 1.165) is 10.7 Å². The molecule has 0 spiro atoms. The minimum absolute atomic E-state index is 0.0221. The monoisotopic (exact) mass is 304 g/mol. The van der Waals surface area contributed by atoms with Gasteiger partial charge in [-0.1, -0.05) is 17.9 Å². The summed E-state index contributed by atoms with van der Waals surface area (Å²) in [5.74, 6) is 5.91. The number of aromatic nitrogens is 2. The molecule has 5 heteroatoms. The highest BCUT2D eigenvalue weighted by molar-refractivity contribution is 7.98. The van der Waals surface area contributed by atoms with Gasteiger partial charge in [0.25, 0.3) is 0 Å². The van der Waals surface area contributed by atoms with Gasteiger partial charge in [-0.15, -0.1) is 11.8 Å². The van der Waals surface area contributed by atoms with Crippen molar-refractivity contribution in [1.82, 2.24) is 9.78 Å². The van der Waals surface area contributed by atoms with E-state index in [0.29, 0.717) is 23.3 Å². The van der Waals surface area contributed by atoms with E-state index >= 15 is 0 Å². The van der Waals surface area contributed by atoms with Gasteiger partial charge in [-0.25, -0.2) is 4.39 Å². The third-order valence-corrected chi connectivity index (χ3v) is 3.99. The van der Waals surface area contributed by atoms with Crippen LogP contribution in [0.5, 0.6) is 0 Å².